The van der Waals surface area contributed by atoms with Crippen LogP contribution in [-0.2, 0) is 11.2 Å². The van der Waals surface area contributed by atoms with Crippen LogP contribution in [0.4, 0.5) is 0 Å². The first kappa shape index (κ1) is 17.2. The van der Waals surface area contributed by atoms with Crippen molar-refractivity contribution >= 4 is 23.2 Å². The van der Waals surface area contributed by atoms with Gasteiger partial charge in [-0.1, -0.05) is 18.2 Å². The fourth-order valence-corrected chi connectivity index (χ4v) is 4.98. The number of amides is 2. The molecule has 2 atom stereocenters. The number of aromatic nitrogens is 1. The molecule has 2 saturated heterocycles. The van der Waals surface area contributed by atoms with Crippen molar-refractivity contribution < 1.29 is 9.59 Å². The highest BCUT2D eigenvalue weighted by Gasteiger charge is 2.44. The highest BCUT2D eigenvalue weighted by molar-refractivity contribution is 7.09. The van der Waals surface area contributed by atoms with Gasteiger partial charge < -0.3 is 9.80 Å². The molecule has 2 amide bonds. The van der Waals surface area contributed by atoms with Gasteiger partial charge in [-0.2, -0.15) is 0 Å². The van der Waals surface area contributed by atoms with E-state index in [1.54, 1.807) is 11.7 Å². The highest BCUT2D eigenvalue weighted by atomic mass is 32.1. The van der Waals surface area contributed by atoms with Gasteiger partial charge in [0, 0.05) is 41.8 Å². The molecule has 0 N–H and O–H groups in total. The number of nitrogens with zero attached hydrogens (tertiary/aromatic N) is 3. The normalized spacial score (nSPS) is 24.5. The Balaban J connectivity index is 1.43. The summed E-state index contributed by atoms with van der Waals surface area (Å²) < 4.78 is 0. The molecule has 1 aromatic carbocycles. The maximum atomic E-state index is 12.8. The molecule has 6 heteroatoms. The van der Waals surface area contributed by atoms with Gasteiger partial charge in [0.25, 0.3) is 5.91 Å². The second kappa shape index (κ2) is 7.19. The van der Waals surface area contributed by atoms with Gasteiger partial charge in [-0.15, -0.1) is 11.3 Å². The average Bonchev–Trinajstić information content (AvgIpc) is 3.26. The topological polar surface area (TPSA) is 53.5 Å². The first-order chi connectivity index (χ1) is 12.6. The van der Waals surface area contributed by atoms with E-state index in [1.165, 1.54) is 11.3 Å². The zero-order chi connectivity index (χ0) is 18.1. The summed E-state index contributed by atoms with van der Waals surface area (Å²) in [7, 11) is 1.90. The van der Waals surface area contributed by atoms with Gasteiger partial charge in [0.1, 0.15) is 0 Å². The number of carbonyl (C=O) groups excluding carboxylic acids is 2. The van der Waals surface area contributed by atoms with Crippen LogP contribution < -0.4 is 0 Å². The van der Waals surface area contributed by atoms with Gasteiger partial charge >= 0.3 is 0 Å². The van der Waals surface area contributed by atoms with Gasteiger partial charge in [-0.3, -0.25) is 14.6 Å². The Kier molecular flexibility index (Phi) is 4.76. The third-order valence-corrected chi connectivity index (χ3v) is 6.47. The van der Waals surface area contributed by atoms with E-state index in [1.807, 2.05) is 42.3 Å². The number of piperidine rings is 1. The summed E-state index contributed by atoms with van der Waals surface area (Å²) in [6.07, 6.45) is 6.07. The molecule has 2 unspecified atom stereocenters. The molecule has 4 rings (SSSR count). The van der Waals surface area contributed by atoms with Crippen molar-refractivity contribution in [3.8, 4) is 0 Å². The molecule has 0 radical (unpaired) electrons. The lowest BCUT2D eigenvalue weighted by molar-refractivity contribution is -0.135. The number of benzene rings is 1. The summed E-state index contributed by atoms with van der Waals surface area (Å²) in [6, 6.07) is 10.1. The van der Waals surface area contributed by atoms with Crippen LogP contribution in [0.2, 0.25) is 0 Å². The fourth-order valence-electron chi connectivity index (χ4n) is 4.39. The van der Waals surface area contributed by atoms with Crippen molar-refractivity contribution in [3.05, 3.63) is 52.5 Å². The van der Waals surface area contributed by atoms with E-state index in [-0.39, 0.29) is 29.9 Å². The van der Waals surface area contributed by atoms with E-state index in [0.29, 0.717) is 6.42 Å². The third kappa shape index (κ3) is 3.26. The molecule has 2 fully saturated rings. The highest BCUT2D eigenvalue weighted by Crippen LogP contribution is 2.38. The molecule has 0 saturated carbocycles. The van der Waals surface area contributed by atoms with E-state index in [9.17, 15) is 9.59 Å². The van der Waals surface area contributed by atoms with Crippen molar-refractivity contribution in [3.63, 3.8) is 0 Å². The molecular formula is C20H23N3O2S. The smallest absolute Gasteiger partial charge is 0.253 e. The minimum absolute atomic E-state index is 0.0689. The maximum absolute atomic E-state index is 12.8. The SMILES string of the molecule is CN(C(=O)c1ccccc1)C1CC2CCC(C1)N2C(=O)Cc1cncs1. The van der Waals surface area contributed by atoms with Crippen LogP contribution in [0.25, 0.3) is 0 Å². The third-order valence-electron chi connectivity index (χ3n) is 5.69. The van der Waals surface area contributed by atoms with E-state index >= 15 is 0 Å². The van der Waals surface area contributed by atoms with Crippen molar-refractivity contribution in [2.24, 2.45) is 0 Å². The van der Waals surface area contributed by atoms with E-state index in [2.05, 4.69) is 9.88 Å². The lowest BCUT2D eigenvalue weighted by Gasteiger charge is -2.42. The monoisotopic (exact) mass is 369 g/mol. The van der Waals surface area contributed by atoms with Crippen LogP contribution in [-0.4, -0.2) is 51.8 Å². The van der Waals surface area contributed by atoms with Crippen molar-refractivity contribution in [2.75, 3.05) is 7.05 Å². The molecule has 2 aromatic rings. The second-order valence-corrected chi connectivity index (χ2v) is 8.21. The zero-order valence-corrected chi connectivity index (χ0v) is 15.7. The van der Waals surface area contributed by atoms with Gasteiger partial charge in [-0.25, -0.2) is 0 Å². The number of carbonyl (C=O) groups is 2. The summed E-state index contributed by atoms with van der Waals surface area (Å²) in [5, 5.41) is 0. The van der Waals surface area contributed by atoms with Crippen molar-refractivity contribution in [1.29, 1.82) is 0 Å². The lowest BCUT2D eigenvalue weighted by Crippen LogP contribution is -2.53. The molecule has 26 heavy (non-hydrogen) atoms. The van der Waals surface area contributed by atoms with Crippen LogP contribution in [0.3, 0.4) is 0 Å². The second-order valence-electron chi connectivity index (χ2n) is 7.24. The predicted molar refractivity (Wildman–Crippen MR) is 101 cm³/mol. The number of hydrogen-bond acceptors (Lipinski definition) is 4. The first-order valence-corrected chi connectivity index (χ1v) is 10.0. The molecular weight excluding hydrogens is 346 g/mol. The molecule has 2 aliphatic heterocycles. The Labute approximate surface area is 157 Å². The zero-order valence-electron chi connectivity index (χ0n) is 14.9. The van der Waals surface area contributed by atoms with Gasteiger partial charge in [0.15, 0.2) is 0 Å². The average molecular weight is 369 g/mol. The predicted octanol–water partition coefficient (Wildman–Crippen LogP) is 2.98. The molecule has 136 valence electrons. The molecule has 2 aliphatic rings. The van der Waals surface area contributed by atoms with Crippen LogP contribution in [0.1, 0.15) is 40.9 Å². The van der Waals surface area contributed by atoms with Crippen LogP contribution in [0.5, 0.6) is 0 Å². The quantitative estimate of drug-likeness (QED) is 0.833. The van der Waals surface area contributed by atoms with Crippen LogP contribution >= 0.6 is 11.3 Å². The van der Waals surface area contributed by atoms with Crippen molar-refractivity contribution in [2.45, 2.75) is 50.2 Å². The molecule has 2 bridgehead atoms. The minimum atomic E-state index is 0.0689. The van der Waals surface area contributed by atoms with Gasteiger partial charge in [0.2, 0.25) is 5.91 Å². The van der Waals surface area contributed by atoms with E-state index in [0.717, 1.165) is 36.1 Å². The lowest BCUT2D eigenvalue weighted by atomic mass is 9.95. The number of rotatable bonds is 4. The van der Waals surface area contributed by atoms with Crippen molar-refractivity contribution in [1.82, 2.24) is 14.8 Å². The first-order valence-electron chi connectivity index (χ1n) is 9.14. The summed E-state index contributed by atoms with van der Waals surface area (Å²) in [5.74, 6) is 0.275. The van der Waals surface area contributed by atoms with Gasteiger partial charge in [0.05, 0.1) is 11.9 Å². The van der Waals surface area contributed by atoms with Gasteiger partial charge in [-0.05, 0) is 37.8 Å². The van der Waals surface area contributed by atoms with Crippen LogP contribution in [0, 0.1) is 0 Å². The largest absolute Gasteiger partial charge is 0.339 e. The fraction of sp³-hybridized carbons (Fsp3) is 0.450. The Hall–Kier alpha value is -2.21. The minimum Gasteiger partial charge on any atom is -0.339 e. The number of fused-ring (bicyclic) bond motifs is 2. The molecule has 3 heterocycles. The summed E-state index contributed by atoms with van der Waals surface area (Å²) >= 11 is 1.53. The molecule has 1 aromatic heterocycles. The standard InChI is InChI=1S/C20H23N3O2S/c1-22(20(25)14-5-3-2-4-6-14)17-9-15-7-8-16(10-17)23(15)19(24)11-18-12-21-13-26-18/h2-6,12-13,15-17H,7-11H2,1H3. The van der Waals surface area contributed by atoms with E-state index < -0.39 is 0 Å². The number of hydrogen-bond donors (Lipinski definition) is 0. The Morgan fingerprint density at radius 1 is 1.19 bits per heavy atom. The molecule has 5 nitrogen and oxygen atoms in total. The summed E-state index contributed by atoms with van der Waals surface area (Å²) in [6.45, 7) is 0. The Morgan fingerprint density at radius 2 is 1.88 bits per heavy atom. The summed E-state index contributed by atoms with van der Waals surface area (Å²) in [4.78, 5) is 34.6. The summed E-state index contributed by atoms with van der Waals surface area (Å²) in [5.41, 5.74) is 2.50. The molecule has 0 spiro atoms. The maximum Gasteiger partial charge on any atom is 0.253 e. The molecule has 0 aliphatic carbocycles. The number of thiazole rings is 1. The van der Waals surface area contributed by atoms with E-state index in [4.69, 9.17) is 0 Å². The Bertz CT molecular complexity index is 764. The van der Waals surface area contributed by atoms with Crippen LogP contribution in [0.15, 0.2) is 42.0 Å². The Morgan fingerprint density at radius 3 is 2.50 bits per heavy atom.